The highest BCUT2D eigenvalue weighted by Gasteiger charge is 2.55. The van der Waals surface area contributed by atoms with Crippen LogP contribution in [0.4, 0.5) is 0 Å². The third-order valence-corrected chi connectivity index (χ3v) is 8.62. The summed E-state index contributed by atoms with van der Waals surface area (Å²) in [5.41, 5.74) is -0.322. The molecule has 11 nitrogen and oxygen atoms in total. The van der Waals surface area contributed by atoms with Crippen LogP contribution in [0.5, 0.6) is 0 Å². The van der Waals surface area contributed by atoms with Crippen molar-refractivity contribution in [2.75, 3.05) is 32.8 Å². The standard InChI is InChI=1S/C21H37N3O8S/c1-14-6-5-9-24(14)16(25)12-22-21(4)7-10-23(11-8-21)33(27,28)29-13-15-17-18(19(26)30-15)32-20(2,3)31-17/h14-15,17-19,22,26H,5-13H2,1-4H3/t14-,15?,17-,18-,19-/m1/s1. The first-order chi connectivity index (χ1) is 15.4. The maximum Gasteiger partial charge on any atom is 0.338 e. The number of amides is 1. The summed E-state index contributed by atoms with van der Waals surface area (Å²) in [4.78, 5) is 14.4. The largest absolute Gasteiger partial charge is 0.366 e. The number of likely N-dealkylation sites (tertiary alicyclic amines) is 1. The van der Waals surface area contributed by atoms with Gasteiger partial charge in [-0.3, -0.25) is 8.98 Å². The fourth-order valence-corrected chi connectivity index (χ4v) is 6.18. The topological polar surface area (TPSA) is 127 Å². The van der Waals surface area contributed by atoms with E-state index in [0.717, 1.165) is 19.4 Å². The van der Waals surface area contributed by atoms with Crippen LogP contribution in [0.1, 0.15) is 53.4 Å². The second-order valence-corrected chi connectivity index (χ2v) is 11.9. The van der Waals surface area contributed by atoms with Gasteiger partial charge >= 0.3 is 10.3 Å². The van der Waals surface area contributed by atoms with Gasteiger partial charge in [0.15, 0.2) is 12.1 Å². The Hall–Kier alpha value is -0.860. The molecule has 4 rings (SSSR count). The van der Waals surface area contributed by atoms with Gasteiger partial charge in [0.25, 0.3) is 0 Å². The average molecular weight is 492 g/mol. The van der Waals surface area contributed by atoms with Crippen molar-refractivity contribution >= 4 is 16.2 Å². The van der Waals surface area contributed by atoms with E-state index in [-0.39, 0.29) is 43.7 Å². The summed E-state index contributed by atoms with van der Waals surface area (Å²) in [6, 6.07) is 0.281. The van der Waals surface area contributed by atoms with E-state index in [2.05, 4.69) is 12.2 Å². The van der Waals surface area contributed by atoms with Crippen LogP contribution in [0, 0.1) is 0 Å². The summed E-state index contributed by atoms with van der Waals surface area (Å²) < 4.78 is 48.9. The summed E-state index contributed by atoms with van der Waals surface area (Å²) >= 11 is 0. The van der Waals surface area contributed by atoms with E-state index < -0.39 is 40.7 Å². The number of piperidine rings is 1. The van der Waals surface area contributed by atoms with Gasteiger partial charge < -0.3 is 29.5 Å². The highest BCUT2D eigenvalue weighted by Crippen LogP contribution is 2.38. The van der Waals surface area contributed by atoms with Gasteiger partial charge in [-0.15, -0.1) is 0 Å². The SMILES string of the molecule is C[C@@H]1CCCN1C(=O)CNC1(C)CCN(S(=O)(=O)OCC2O[C@@H](O)[C@@H]3OC(C)(C)O[C@H]23)CC1. The fraction of sp³-hybridized carbons (Fsp3) is 0.952. The molecule has 4 aliphatic heterocycles. The van der Waals surface area contributed by atoms with Gasteiger partial charge in [-0.25, -0.2) is 0 Å². The first-order valence-corrected chi connectivity index (χ1v) is 13.1. The number of carbonyl (C=O) groups excluding carboxylic acids is 1. The normalized spacial score (nSPS) is 36.3. The minimum absolute atomic E-state index is 0.0953. The molecular formula is C21H37N3O8S. The van der Waals surface area contributed by atoms with E-state index in [4.69, 9.17) is 18.4 Å². The Morgan fingerprint density at radius 1 is 1.15 bits per heavy atom. The number of aliphatic hydroxyl groups is 1. The lowest BCUT2D eigenvalue weighted by Crippen LogP contribution is -2.55. The first-order valence-electron chi connectivity index (χ1n) is 11.8. The molecule has 4 fully saturated rings. The second kappa shape index (κ2) is 9.30. The molecule has 4 saturated heterocycles. The van der Waals surface area contributed by atoms with Crippen LogP contribution in [-0.2, 0) is 33.5 Å². The van der Waals surface area contributed by atoms with Crippen LogP contribution in [0.2, 0.25) is 0 Å². The summed E-state index contributed by atoms with van der Waals surface area (Å²) in [6.07, 6.45) is -0.0171. The smallest absolute Gasteiger partial charge is 0.338 e. The van der Waals surface area contributed by atoms with Gasteiger partial charge in [0.2, 0.25) is 5.91 Å². The maximum atomic E-state index is 12.8. The zero-order valence-electron chi connectivity index (χ0n) is 19.9. The number of nitrogens with one attached hydrogen (secondary N) is 1. The van der Waals surface area contributed by atoms with Crippen LogP contribution in [0.25, 0.3) is 0 Å². The summed E-state index contributed by atoms with van der Waals surface area (Å²) in [5.74, 6) is -0.784. The highest BCUT2D eigenvalue weighted by molar-refractivity contribution is 7.84. The number of hydrogen-bond acceptors (Lipinski definition) is 9. The van der Waals surface area contributed by atoms with Gasteiger partial charge in [-0.1, -0.05) is 0 Å². The molecule has 0 aliphatic carbocycles. The molecule has 0 aromatic rings. The van der Waals surface area contributed by atoms with E-state index >= 15 is 0 Å². The Morgan fingerprint density at radius 3 is 2.45 bits per heavy atom. The van der Waals surface area contributed by atoms with Crippen molar-refractivity contribution in [1.82, 2.24) is 14.5 Å². The predicted octanol–water partition coefficient (Wildman–Crippen LogP) is -0.0599. The van der Waals surface area contributed by atoms with Crippen LogP contribution in [-0.4, -0.2) is 103 Å². The Labute approximate surface area is 195 Å². The molecule has 12 heteroatoms. The third kappa shape index (κ3) is 5.53. The van der Waals surface area contributed by atoms with Crippen molar-refractivity contribution in [3.63, 3.8) is 0 Å². The molecule has 2 N–H and O–H groups in total. The van der Waals surface area contributed by atoms with Gasteiger partial charge in [-0.2, -0.15) is 12.7 Å². The maximum absolute atomic E-state index is 12.8. The molecule has 4 aliphatic rings. The van der Waals surface area contributed by atoms with E-state index in [0.29, 0.717) is 12.8 Å². The molecule has 4 heterocycles. The van der Waals surface area contributed by atoms with Crippen LogP contribution < -0.4 is 5.32 Å². The van der Waals surface area contributed by atoms with Crippen molar-refractivity contribution < 1.29 is 36.7 Å². The van der Waals surface area contributed by atoms with Gasteiger partial charge in [-0.05, 0) is 53.4 Å². The molecular weight excluding hydrogens is 454 g/mol. The number of fused-ring (bicyclic) bond motifs is 1. The highest BCUT2D eigenvalue weighted by atomic mass is 32.2. The number of aliphatic hydroxyl groups excluding tert-OH is 1. The minimum atomic E-state index is -3.98. The van der Waals surface area contributed by atoms with Gasteiger partial charge in [0.1, 0.15) is 18.3 Å². The Kier molecular flexibility index (Phi) is 7.12. The Balaban J connectivity index is 1.24. The quantitative estimate of drug-likeness (QED) is 0.503. The number of nitrogens with zero attached hydrogens (tertiary/aromatic N) is 2. The first kappa shape index (κ1) is 25.2. The molecule has 0 aromatic carbocycles. The molecule has 5 atom stereocenters. The summed E-state index contributed by atoms with van der Waals surface area (Å²) in [7, 11) is -3.98. The molecule has 1 unspecified atom stereocenters. The molecule has 33 heavy (non-hydrogen) atoms. The number of ether oxygens (including phenoxy) is 3. The van der Waals surface area contributed by atoms with E-state index in [1.54, 1.807) is 13.8 Å². The minimum Gasteiger partial charge on any atom is -0.366 e. The molecule has 1 amide bonds. The average Bonchev–Trinajstić information content (AvgIpc) is 3.39. The van der Waals surface area contributed by atoms with Gasteiger partial charge in [0.05, 0.1) is 13.2 Å². The molecule has 0 radical (unpaired) electrons. The van der Waals surface area contributed by atoms with E-state index in [9.17, 15) is 18.3 Å². The van der Waals surface area contributed by atoms with Crippen molar-refractivity contribution in [2.24, 2.45) is 0 Å². The lowest BCUT2D eigenvalue weighted by Gasteiger charge is -2.39. The Bertz CT molecular complexity index is 829. The van der Waals surface area contributed by atoms with Crippen molar-refractivity contribution in [3.05, 3.63) is 0 Å². The van der Waals surface area contributed by atoms with Crippen molar-refractivity contribution in [2.45, 2.75) is 95.3 Å². The summed E-state index contributed by atoms with van der Waals surface area (Å²) in [6.45, 7) is 8.90. The molecule has 0 spiro atoms. The summed E-state index contributed by atoms with van der Waals surface area (Å²) in [5, 5.41) is 13.4. The molecule has 190 valence electrons. The van der Waals surface area contributed by atoms with Crippen molar-refractivity contribution in [1.29, 1.82) is 0 Å². The number of hydrogen-bond donors (Lipinski definition) is 2. The van der Waals surface area contributed by atoms with Crippen molar-refractivity contribution in [3.8, 4) is 0 Å². The Morgan fingerprint density at radius 2 is 1.82 bits per heavy atom. The zero-order valence-corrected chi connectivity index (χ0v) is 20.7. The third-order valence-electron chi connectivity index (χ3n) is 7.19. The number of carbonyl (C=O) groups is 1. The fourth-order valence-electron chi connectivity index (χ4n) is 5.10. The number of rotatable bonds is 7. The lowest BCUT2D eigenvalue weighted by molar-refractivity contribution is -0.222. The monoisotopic (exact) mass is 491 g/mol. The van der Waals surface area contributed by atoms with Crippen LogP contribution in [0.3, 0.4) is 0 Å². The molecule has 0 bridgehead atoms. The molecule has 0 aromatic heterocycles. The second-order valence-electron chi connectivity index (χ2n) is 10.3. The van der Waals surface area contributed by atoms with Gasteiger partial charge in [0, 0.05) is 31.2 Å². The molecule has 0 saturated carbocycles. The van der Waals surface area contributed by atoms with E-state index in [1.807, 2.05) is 11.8 Å². The van der Waals surface area contributed by atoms with E-state index in [1.165, 1.54) is 4.31 Å². The lowest BCUT2D eigenvalue weighted by atomic mass is 9.90. The van der Waals surface area contributed by atoms with Crippen LogP contribution in [0.15, 0.2) is 0 Å². The van der Waals surface area contributed by atoms with Crippen LogP contribution >= 0.6 is 0 Å². The zero-order chi connectivity index (χ0) is 24.0. The predicted molar refractivity (Wildman–Crippen MR) is 117 cm³/mol.